The Hall–Kier alpha value is -3.99. The van der Waals surface area contributed by atoms with Crippen LogP contribution < -0.4 is 19.5 Å². The molecule has 0 aliphatic carbocycles. The number of ether oxygens (including phenoxy) is 4. The summed E-state index contributed by atoms with van der Waals surface area (Å²) in [6, 6.07) is 13.6. The molecule has 0 aromatic heterocycles. The van der Waals surface area contributed by atoms with Crippen LogP contribution in [-0.4, -0.2) is 39.3 Å². The molecule has 0 saturated heterocycles. The molecule has 0 bridgehead atoms. The zero-order chi connectivity index (χ0) is 21.9. The van der Waals surface area contributed by atoms with E-state index >= 15 is 0 Å². The van der Waals surface area contributed by atoms with E-state index in [-0.39, 0.29) is 24.7 Å². The molecule has 30 heavy (non-hydrogen) atoms. The topological polar surface area (TPSA) is 107 Å². The molecule has 0 spiro atoms. The number of benzene rings is 2. The smallest absolute Gasteiger partial charge is 0.348 e. The number of carbonyl (C=O) groups is 2. The standard InChI is InChI=1S/C22H22N2O6/c1-4-29-22(26)16(13-23)11-15-9-10-19(20(12-15)28-3)30-14-21(25)24-17-7-5-6-8-18(17)27-2/h5-12H,4,14H2,1-3H3,(H,24,25)/b16-11+. The molecular formula is C22H22N2O6. The first-order valence-electron chi connectivity index (χ1n) is 9.05. The number of rotatable bonds is 9. The highest BCUT2D eigenvalue weighted by molar-refractivity contribution is 5.98. The van der Waals surface area contributed by atoms with E-state index in [1.807, 2.05) is 6.07 Å². The van der Waals surface area contributed by atoms with Crippen molar-refractivity contribution in [1.82, 2.24) is 0 Å². The third kappa shape index (κ3) is 6.01. The van der Waals surface area contributed by atoms with E-state index in [1.54, 1.807) is 49.4 Å². The minimum Gasteiger partial charge on any atom is -0.495 e. The average Bonchev–Trinajstić information content (AvgIpc) is 2.76. The Balaban J connectivity index is 2.09. The van der Waals surface area contributed by atoms with E-state index in [9.17, 15) is 9.59 Å². The Morgan fingerprint density at radius 1 is 1.07 bits per heavy atom. The van der Waals surface area contributed by atoms with Crippen LogP contribution in [-0.2, 0) is 14.3 Å². The van der Waals surface area contributed by atoms with E-state index in [1.165, 1.54) is 20.3 Å². The number of anilines is 1. The summed E-state index contributed by atoms with van der Waals surface area (Å²) in [4.78, 5) is 24.0. The molecule has 0 fully saturated rings. The number of hydrogen-bond donors (Lipinski definition) is 1. The van der Waals surface area contributed by atoms with E-state index in [0.29, 0.717) is 28.5 Å². The van der Waals surface area contributed by atoms with Crippen LogP contribution >= 0.6 is 0 Å². The summed E-state index contributed by atoms with van der Waals surface area (Å²) >= 11 is 0. The number of hydrogen-bond acceptors (Lipinski definition) is 7. The maximum absolute atomic E-state index is 12.2. The Morgan fingerprint density at radius 3 is 2.47 bits per heavy atom. The van der Waals surface area contributed by atoms with Gasteiger partial charge in [0.05, 0.1) is 26.5 Å². The number of carbonyl (C=O) groups excluding carboxylic acids is 2. The molecule has 0 unspecified atom stereocenters. The quantitative estimate of drug-likeness (QED) is 0.384. The predicted octanol–water partition coefficient (Wildman–Crippen LogP) is 3.19. The van der Waals surface area contributed by atoms with Gasteiger partial charge < -0.3 is 24.3 Å². The van der Waals surface area contributed by atoms with Gasteiger partial charge in [0.25, 0.3) is 5.91 Å². The second-order valence-corrected chi connectivity index (χ2v) is 5.84. The molecule has 0 aliphatic heterocycles. The fraction of sp³-hybridized carbons (Fsp3) is 0.227. The summed E-state index contributed by atoms with van der Waals surface area (Å²) < 4.78 is 20.9. The highest BCUT2D eigenvalue weighted by atomic mass is 16.5. The third-order valence-electron chi connectivity index (χ3n) is 3.85. The molecule has 156 valence electrons. The molecule has 0 radical (unpaired) electrons. The maximum atomic E-state index is 12.2. The molecule has 1 amide bonds. The van der Waals surface area contributed by atoms with Gasteiger partial charge in [-0.3, -0.25) is 4.79 Å². The second kappa shape index (κ2) is 11.1. The van der Waals surface area contributed by atoms with Crippen LogP contribution in [0, 0.1) is 11.3 Å². The summed E-state index contributed by atoms with van der Waals surface area (Å²) in [6.45, 7) is 1.58. The Labute approximate surface area is 174 Å². The third-order valence-corrected chi connectivity index (χ3v) is 3.85. The van der Waals surface area contributed by atoms with Gasteiger partial charge in [-0.15, -0.1) is 0 Å². The Kier molecular flexibility index (Phi) is 8.27. The van der Waals surface area contributed by atoms with Crippen molar-refractivity contribution in [1.29, 1.82) is 5.26 Å². The van der Waals surface area contributed by atoms with Crippen molar-refractivity contribution < 1.29 is 28.5 Å². The van der Waals surface area contributed by atoms with Crippen molar-refractivity contribution in [3.8, 4) is 23.3 Å². The van der Waals surface area contributed by atoms with E-state index in [4.69, 9.17) is 24.2 Å². The largest absolute Gasteiger partial charge is 0.495 e. The van der Waals surface area contributed by atoms with Crippen molar-refractivity contribution in [3.63, 3.8) is 0 Å². The monoisotopic (exact) mass is 410 g/mol. The Bertz CT molecular complexity index is 978. The van der Waals surface area contributed by atoms with Crippen LogP contribution in [0.1, 0.15) is 12.5 Å². The number of para-hydroxylation sites is 2. The van der Waals surface area contributed by atoms with Gasteiger partial charge in [-0.05, 0) is 42.8 Å². The van der Waals surface area contributed by atoms with E-state index in [0.717, 1.165) is 0 Å². The van der Waals surface area contributed by atoms with Gasteiger partial charge in [0.2, 0.25) is 0 Å². The highest BCUT2D eigenvalue weighted by Gasteiger charge is 2.13. The summed E-state index contributed by atoms with van der Waals surface area (Å²) in [5.41, 5.74) is 0.940. The van der Waals surface area contributed by atoms with Gasteiger partial charge in [0, 0.05) is 0 Å². The van der Waals surface area contributed by atoms with Gasteiger partial charge >= 0.3 is 5.97 Å². The van der Waals surface area contributed by atoms with Crippen LogP contribution in [0.25, 0.3) is 6.08 Å². The van der Waals surface area contributed by atoms with Crippen molar-refractivity contribution in [3.05, 3.63) is 53.6 Å². The van der Waals surface area contributed by atoms with Crippen LogP contribution in [0.5, 0.6) is 17.2 Å². The van der Waals surface area contributed by atoms with Crippen molar-refractivity contribution in [2.24, 2.45) is 0 Å². The molecule has 1 N–H and O–H groups in total. The molecule has 2 aromatic carbocycles. The highest BCUT2D eigenvalue weighted by Crippen LogP contribution is 2.29. The van der Waals surface area contributed by atoms with Crippen molar-refractivity contribution in [2.45, 2.75) is 6.92 Å². The van der Waals surface area contributed by atoms with Gasteiger partial charge in [-0.1, -0.05) is 18.2 Å². The zero-order valence-corrected chi connectivity index (χ0v) is 16.9. The first kappa shape index (κ1) is 22.3. The van der Waals surface area contributed by atoms with Gasteiger partial charge in [0.1, 0.15) is 17.4 Å². The second-order valence-electron chi connectivity index (χ2n) is 5.84. The SMILES string of the molecule is CCOC(=O)/C(C#N)=C/c1ccc(OCC(=O)Nc2ccccc2OC)c(OC)c1. The van der Waals surface area contributed by atoms with E-state index in [2.05, 4.69) is 5.32 Å². The normalized spacial score (nSPS) is 10.5. The molecular weight excluding hydrogens is 388 g/mol. The molecule has 8 nitrogen and oxygen atoms in total. The number of nitriles is 1. The van der Waals surface area contributed by atoms with Crippen LogP contribution in [0.15, 0.2) is 48.0 Å². The maximum Gasteiger partial charge on any atom is 0.348 e. The van der Waals surface area contributed by atoms with Crippen molar-refractivity contribution >= 4 is 23.6 Å². The summed E-state index contributed by atoms with van der Waals surface area (Å²) in [5.74, 6) is 0.135. The molecule has 0 heterocycles. The summed E-state index contributed by atoms with van der Waals surface area (Å²) in [7, 11) is 2.96. The fourth-order valence-corrected chi connectivity index (χ4v) is 2.48. The summed E-state index contributed by atoms with van der Waals surface area (Å²) in [5, 5.41) is 11.9. The number of methoxy groups -OCH3 is 2. The average molecular weight is 410 g/mol. The van der Waals surface area contributed by atoms with E-state index < -0.39 is 5.97 Å². The molecule has 2 aromatic rings. The van der Waals surface area contributed by atoms with Crippen LogP contribution in [0.2, 0.25) is 0 Å². The zero-order valence-electron chi connectivity index (χ0n) is 16.9. The first-order valence-corrected chi connectivity index (χ1v) is 9.05. The number of nitrogens with one attached hydrogen (secondary N) is 1. The minimum absolute atomic E-state index is 0.135. The van der Waals surface area contributed by atoms with Gasteiger partial charge in [-0.2, -0.15) is 5.26 Å². The number of amides is 1. The molecule has 0 aliphatic rings. The molecule has 0 atom stereocenters. The van der Waals surface area contributed by atoms with Crippen LogP contribution in [0.4, 0.5) is 5.69 Å². The van der Waals surface area contributed by atoms with Gasteiger partial charge in [-0.25, -0.2) is 4.79 Å². The predicted molar refractivity (Wildman–Crippen MR) is 110 cm³/mol. The lowest BCUT2D eigenvalue weighted by Crippen LogP contribution is -2.20. The number of esters is 1. The molecule has 2 rings (SSSR count). The summed E-state index contributed by atoms with van der Waals surface area (Å²) in [6.07, 6.45) is 1.39. The number of nitrogens with zero attached hydrogens (tertiary/aromatic N) is 1. The Morgan fingerprint density at radius 2 is 1.80 bits per heavy atom. The lowest BCUT2D eigenvalue weighted by atomic mass is 10.1. The lowest BCUT2D eigenvalue weighted by molar-refractivity contribution is -0.137. The van der Waals surface area contributed by atoms with Crippen LogP contribution in [0.3, 0.4) is 0 Å². The molecule has 0 saturated carbocycles. The van der Waals surface area contributed by atoms with Gasteiger partial charge in [0.15, 0.2) is 18.1 Å². The lowest BCUT2D eigenvalue weighted by Gasteiger charge is -2.13. The molecule has 8 heteroatoms. The first-order chi connectivity index (χ1) is 14.5. The fourth-order valence-electron chi connectivity index (χ4n) is 2.48. The van der Waals surface area contributed by atoms with Crippen molar-refractivity contribution in [2.75, 3.05) is 32.8 Å². The minimum atomic E-state index is -0.702.